The maximum absolute atomic E-state index is 13.7. The first kappa shape index (κ1) is 19.5. The molecule has 1 unspecified atom stereocenters. The van der Waals surface area contributed by atoms with Crippen LogP contribution in [0.2, 0.25) is 0 Å². The third-order valence-electron chi connectivity index (χ3n) is 4.21. The van der Waals surface area contributed by atoms with E-state index >= 15 is 0 Å². The molecule has 0 aromatic heterocycles. The lowest BCUT2D eigenvalue weighted by molar-refractivity contribution is 0.0130. The van der Waals surface area contributed by atoms with Crippen molar-refractivity contribution >= 4 is 11.7 Å². The molecule has 2 amide bonds. The second-order valence-corrected chi connectivity index (χ2v) is 6.62. The highest BCUT2D eigenvalue weighted by molar-refractivity contribution is 5.89. The maximum atomic E-state index is 13.7. The standard InChI is InChI=1S/C18H28FN3O3/c1-13(2)10-15(22-6-8-25-9-7-22)12-20-18(23)21-14-4-5-17(24-3)16(19)11-14/h4-5,11,13,15H,6-10,12H2,1-3H3,(H2,20,21,23). The molecule has 1 aromatic carbocycles. The molecular weight excluding hydrogens is 325 g/mol. The Bertz CT molecular complexity index is 562. The zero-order valence-electron chi connectivity index (χ0n) is 15.2. The summed E-state index contributed by atoms with van der Waals surface area (Å²) in [5.41, 5.74) is 0.391. The Morgan fingerprint density at radius 3 is 2.68 bits per heavy atom. The first-order valence-corrected chi connectivity index (χ1v) is 8.69. The van der Waals surface area contributed by atoms with E-state index in [1.165, 1.54) is 19.2 Å². The number of anilines is 1. The number of urea groups is 1. The molecule has 0 radical (unpaired) electrons. The van der Waals surface area contributed by atoms with Gasteiger partial charge in [0.25, 0.3) is 0 Å². The predicted molar refractivity (Wildman–Crippen MR) is 95.6 cm³/mol. The van der Waals surface area contributed by atoms with Crippen molar-refractivity contribution in [3.05, 3.63) is 24.0 Å². The summed E-state index contributed by atoms with van der Waals surface area (Å²) >= 11 is 0. The van der Waals surface area contributed by atoms with Gasteiger partial charge in [-0.25, -0.2) is 9.18 Å². The third kappa shape index (κ3) is 6.17. The van der Waals surface area contributed by atoms with E-state index in [0.29, 0.717) is 18.2 Å². The average Bonchev–Trinajstić information content (AvgIpc) is 2.59. The summed E-state index contributed by atoms with van der Waals surface area (Å²) in [6.07, 6.45) is 0.997. The van der Waals surface area contributed by atoms with Gasteiger partial charge in [0, 0.05) is 37.4 Å². The van der Waals surface area contributed by atoms with Crippen LogP contribution in [0.3, 0.4) is 0 Å². The molecule has 0 saturated carbocycles. The Labute approximate surface area is 148 Å². The van der Waals surface area contributed by atoms with Crippen molar-refractivity contribution in [3.8, 4) is 5.75 Å². The highest BCUT2D eigenvalue weighted by Gasteiger charge is 2.22. The molecule has 1 aliphatic rings. The van der Waals surface area contributed by atoms with Crippen molar-refractivity contribution in [2.45, 2.75) is 26.3 Å². The van der Waals surface area contributed by atoms with Gasteiger partial charge in [0.1, 0.15) is 0 Å². The number of carbonyl (C=O) groups is 1. The third-order valence-corrected chi connectivity index (χ3v) is 4.21. The van der Waals surface area contributed by atoms with Crippen LogP contribution in [-0.2, 0) is 4.74 Å². The lowest BCUT2D eigenvalue weighted by Crippen LogP contribution is -2.49. The Balaban J connectivity index is 1.88. The predicted octanol–water partition coefficient (Wildman–Crippen LogP) is 2.70. The van der Waals surface area contributed by atoms with Crippen LogP contribution >= 0.6 is 0 Å². The fourth-order valence-corrected chi connectivity index (χ4v) is 2.98. The van der Waals surface area contributed by atoms with Crippen molar-refractivity contribution in [1.82, 2.24) is 10.2 Å². The molecule has 0 bridgehead atoms. The van der Waals surface area contributed by atoms with Crippen molar-refractivity contribution in [3.63, 3.8) is 0 Å². The molecule has 1 aromatic rings. The largest absolute Gasteiger partial charge is 0.494 e. The molecule has 2 rings (SSSR count). The Morgan fingerprint density at radius 1 is 1.36 bits per heavy atom. The van der Waals surface area contributed by atoms with Crippen LogP contribution in [0, 0.1) is 11.7 Å². The molecule has 140 valence electrons. The van der Waals surface area contributed by atoms with Gasteiger partial charge < -0.3 is 20.1 Å². The molecule has 0 aliphatic carbocycles. The average molecular weight is 353 g/mol. The zero-order valence-corrected chi connectivity index (χ0v) is 15.2. The first-order chi connectivity index (χ1) is 12.0. The van der Waals surface area contributed by atoms with Crippen molar-refractivity contribution in [1.29, 1.82) is 0 Å². The van der Waals surface area contributed by atoms with Gasteiger partial charge in [0.2, 0.25) is 0 Å². The lowest BCUT2D eigenvalue weighted by Gasteiger charge is -2.35. The molecule has 1 fully saturated rings. The minimum atomic E-state index is -0.508. The van der Waals surface area contributed by atoms with E-state index in [2.05, 4.69) is 29.4 Å². The topological polar surface area (TPSA) is 62.8 Å². The van der Waals surface area contributed by atoms with Crippen LogP contribution < -0.4 is 15.4 Å². The molecule has 6 nitrogen and oxygen atoms in total. The number of amides is 2. The van der Waals surface area contributed by atoms with E-state index < -0.39 is 5.82 Å². The van der Waals surface area contributed by atoms with E-state index in [1.54, 1.807) is 6.07 Å². The van der Waals surface area contributed by atoms with Gasteiger partial charge >= 0.3 is 6.03 Å². The van der Waals surface area contributed by atoms with Crippen molar-refractivity contribution in [2.75, 3.05) is 45.3 Å². The van der Waals surface area contributed by atoms with Gasteiger partial charge in [0.05, 0.1) is 20.3 Å². The summed E-state index contributed by atoms with van der Waals surface area (Å²) in [6, 6.07) is 4.26. The van der Waals surface area contributed by atoms with Gasteiger partial charge in [-0.3, -0.25) is 4.90 Å². The van der Waals surface area contributed by atoms with Crippen LogP contribution in [-0.4, -0.2) is 56.9 Å². The molecule has 0 spiro atoms. The van der Waals surface area contributed by atoms with Crippen LogP contribution in [0.5, 0.6) is 5.75 Å². The number of carbonyl (C=O) groups excluding carboxylic acids is 1. The second-order valence-electron chi connectivity index (χ2n) is 6.62. The normalized spacial score (nSPS) is 16.5. The van der Waals surface area contributed by atoms with Gasteiger partial charge in [-0.1, -0.05) is 13.8 Å². The fraction of sp³-hybridized carbons (Fsp3) is 0.611. The van der Waals surface area contributed by atoms with E-state index in [0.717, 1.165) is 32.7 Å². The monoisotopic (exact) mass is 353 g/mol. The number of nitrogens with one attached hydrogen (secondary N) is 2. The first-order valence-electron chi connectivity index (χ1n) is 8.69. The van der Waals surface area contributed by atoms with Crippen LogP contribution in [0.4, 0.5) is 14.9 Å². The Kier molecular flexibility index (Phi) is 7.46. The number of rotatable bonds is 7. The SMILES string of the molecule is COc1ccc(NC(=O)NCC(CC(C)C)N2CCOCC2)cc1F. The molecule has 1 saturated heterocycles. The quantitative estimate of drug-likeness (QED) is 0.791. The summed E-state index contributed by atoms with van der Waals surface area (Å²) in [4.78, 5) is 14.5. The van der Waals surface area contributed by atoms with E-state index in [9.17, 15) is 9.18 Å². The maximum Gasteiger partial charge on any atom is 0.319 e. The Hall–Kier alpha value is -1.86. The summed E-state index contributed by atoms with van der Waals surface area (Å²) in [5.74, 6) is 0.176. The lowest BCUT2D eigenvalue weighted by atomic mass is 10.0. The molecule has 1 aliphatic heterocycles. The molecule has 1 atom stereocenters. The number of methoxy groups -OCH3 is 1. The number of benzene rings is 1. The van der Waals surface area contributed by atoms with Gasteiger partial charge in [0.15, 0.2) is 11.6 Å². The van der Waals surface area contributed by atoms with Gasteiger partial charge in [-0.15, -0.1) is 0 Å². The van der Waals surface area contributed by atoms with Crippen molar-refractivity contribution < 1.29 is 18.7 Å². The number of hydrogen-bond donors (Lipinski definition) is 2. The zero-order chi connectivity index (χ0) is 18.2. The molecular formula is C18H28FN3O3. The smallest absolute Gasteiger partial charge is 0.319 e. The molecule has 7 heteroatoms. The van der Waals surface area contributed by atoms with Gasteiger partial charge in [-0.05, 0) is 24.5 Å². The number of morpholine rings is 1. The summed E-state index contributed by atoms with van der Waals surface area (Å²) < 4.78 is 24.0. The van der Waals surface area contributed by atoms with Crippen molar-refractivity contribution in [2.24, 2.45) is 5.92 Å². The number of halogens is 1. The summed E-state index contributed by atoms with van der Waals surface area (Å²) in [5, 5.41) is 5.55. The summed E-state index contributed by atoms with van der Waals surface area (Å²) in [7, 11) is 1.40. The fourth-order valence-electron chi connectivity index (χ4n) is 2.98. The number of nitrogens with zero attached hydrogens (tertiary/aromatic N) is 1. The highest BCUT2D eigenvalue weighted by atomic mass is 19.1. The number of hydrogen-bond acceptors (Lipinski definition) is 4. The molecule has 25 heavy (non-hydrogen) atoms. The van der Waals surface area contributed by atoms with E-state index in [1.807, 2.05) is 0 Å². The van der Waals surface area contributed by atoms with Crippen LogP contribution in [0.1, 0.15) is 20.3 Å². The van der Waals surface area contributed by atoms with Crippen LogP contribution in [0.25, 0.3) is 0 Å². The Morgan fingerprint density at radius 2 is 2.08 bits per heavy atom. The molecule has 1 heterocycles. The minimum Gasteiger partial charge on any atom is -0.494 e. The highest BCUT2D eigenvalue weighted by Crippen LogP contribution is 2.20. The second kappa shape index (κ2) is 9.58. The summed E-state index contributed by atoms with van der Waals surface area (Å²) in [6.45, 7) is 8.11. The van der Waals surface area contributed by atoms with E-state index in [-0.39, 0.29) is 17.8 Å². The molecule has 2 N–H and O–H groups in total. The van der Waals surface area contributed by atoms with E-state index in [4.69, 9.17) is 9.47 Å². The minimum absolute atomic E-state index is 0.148. The number of ether oxygens (including phenoxy) is 2. The van der Waals surface area contributed by atoms with Crippen LogP contribution in [0.15, 0.2) is 18.2 Å². The van der Waals surface area contributed by atoms with Gasteiger partial charge in [-0.2, -0.15) is 0 Å².